The molecule has 2 aliphatic rings. The topological polar surface area (TPSA) is 33.3 Å². The normalized spacial score (nSPS) is 14.5. The van der Waals surface area contributed by atoms with E-state index in [4.69, 9.17) is 9.72 Å². The largest absolute Gasteiger partial charge is 0.458 e. The molecule has 8 aromatic rings. The number of hydrogen-bond donors (Lipinski definition) is 0. The molecule has 0 N–H and O–H groups in total. The monoisotopic (exact) mass is 726 g/mol. The molecule has 4 heterocycles. The zero-order valence-corrected chi connectivity index (χ0v) is 32.3. The highest BCUT2D eigenvalue weighted by Crippen LogP contribution is 2.48. The van der Waals surface area contributed by atoms with Crippen molar-refractivity contribution in [1.82, 2.24) is 9.55 Å². The number of nitrogens with zero attached hydrogens (tertiary/aromatic N) is 4. The number of ether oxygens (including phenoxy) is 1. The first-order valence-corrected chi connectivity index (χ1v) is 19.3. The van der Waals surface area contributed by atoms with Gasteiger partial charge in [-0.1, -0.05) is 124 Å². The SMILES string of the molecule is CC(C)(C)c1ccnc(-n2c3ccccc3c3ccc(Oc4ccc5c(c4)[N+]4=[C-]N(c6ccccc6)C(C)(C)C=C4c4ccccc4-c4ccccc4-5)cc32)c1. The van der Waals surface area contributed by atoms with Crippen molar-refractivity contribution in [2.24, 2.45) is 0 Å². The molecule has 0 saturated carbocycles. The van der Waals surface area contributed by atoms with Gasteiger partial charge in [-0.15, -0.1) is 0 Å². The summed E-state index contributed by atoms with van der Waals surface area (Å²) in [6.07, 6.45) is 8.15. The van der Waals surface area contributed by atoms with E-state index in [2.05, 4.69) is 213 Å². The van der Waals surface area contributed by atoms with E-state index < -0.39 is 0 Å². The Kier molecular flexibility index (Phi) is 7.65. The van der Waals surface area contributed by atoms with Crippen LogP contribution in [0.25, 0.3) is 55.6 Å². The van der Waals surface area contributed by atoms with Crippen LogP contribution in [0.15, 0.2) is 164 Å². The number of anilines is 1. The fourth-order valence-electron chi connectivity index (χ4n) is 8.38. The second-order valence-corrected chi connectivity index (χ2v) is 16.3. The Labute approximate surface area is 328 Å². The number of para-hydroxylation sites is 2. The first-order valence-electron chi connectivity index (χ1n) is 19.3. The van der Waals surface area contributed by atoms with Gasteiger partial charge in [0.2, 0.25) is 6.34 Å². The lowest BCUT2D eigenvalue weighted by molar-refractivity contribution is -0.330. The van der Waals surface area contributed by atoms with Crippen molar-refractivity contribution in [1.29, 1.82) is 0 Å². The Bertz CT molecular complexity index is 2910. The third kappa shape index (κ3) is 5.53. The van der Waals surface area contributed by atoms with Crippen molar-refractivity contribution in [3.8, 4) is 39.6 Å². The highest BCUT2D eigenvalue weighted by molar-refractivity contribution is 6.09. The predicted molar refractivity (Wildman–Crippen MR) is 231 cm³/mol. The van der Waals surface area contributed by atoms with Gasteiger partial charge in [0.1, 0.15) is 22.9 Å². The average molecular weight is 727 g/mol. The Morgan fingerprint density at radius 2 is 1.23 bits per heavy atom. The maximum atomic E-state index is 6.86. The summed E-state index contributed by atoms with van der Waals surface area (Å²) in [5, 5.41) is 2.33. The zero-order chi connectivity index (χ0) is 38.2. The number of fused-ring (bicyclic) bond motifs is 11. The van der Waals surface area contributed by atoms with Gasteiger partial charge in [-0.3, -0.25) is 4.57 Å². The van der Waals surface area contributed by atoms with E-state index in [9.17, 15) is 0 Å². The van der Waals surface area contributed by atoms with Crippen molar-refractivity contribution in [3.05, 3.63) is 175 Å². The molecule has 272 valence electrons. The Balaban J connectivity index is 1.15. The molecular formula is C51H42N4O. The highest BCUT2D eigenvalue weighted by Gasteiger charge is 2.35. The molecule has 6 aromatic carbocycles. The van der Waals surface area contributed by atoms with Gasteiger partial charge in [-0.05, 0) is 101 Å². The zero-order valence-electron chi connectivity index (χ0n) is 32.3. The molecule has 2 aromatic heterocycles. The van der Waals surface area contributed by atoms with Crippen molar-refractivity contribution in [3.63, 3.8) is 0 Å². The summed E-state index contributed by atoms with van der Waals surface area (Å²) in [4.78, 5) is 7.12. The van der Waals surface area contributed by atoms with Crippen LogP contribution in [0.1, 0.15) is 45.7 Å². The molecule has 0 amide bonds. The quantitative estimate of drug-likeness (QED) is 0.134. The molecule has 0 unspecified atom stereocenters. The van der Waals surface area contributed by atoms with Crippen LogP contribution >= 0.6 is 0 Å². The summed E-state index contributed by atoms with van der Waals surface area (Å²) in [6.45, 7) is 11.2. The van der Waals surface area contributed by atoms with Gasteiger partial charge < -0.3 is 14.2 Å². The van der Waals surface area contributed by atoms with E-state index in [0.717, 1.165) is 67.5 Å². The number of hydrogen-bond acceptors (Lipinski definition) is 3. The van der Waals surface area contributed by atoms with E-state index in [1.165, 1.54) is 22.1 Å². The first kappa shape index (κ1) is 33.8. The lowest BCUT2D eigenvalue weighted by atomic mass is 9.86. The molecule has 0 bridgehead atoms. The van der Waals surface area contributed by atoms with Crippen LogP contribution in [0.3, 0.4) is 0 Å². The summed E-state index contributed by atoms with van der Waals surface area (Å²) in [5.74, 6) is 2.38. The number of rotatable bonds is 4. The van der Waals surface area contributed by atoms with Gasteiger partial charge in [-0.25, -0.2) is 4.98 Å². The first-order chi connectivity index (χ1) is 27.1. The summed E-state index contributed by atoms with van der Waals surface area (Å²) in [5.41, 5.74) is 12.0. The van der Waals surface area contributed by atoms with Crippen molar-refractivity contribution in [2.75, 3.05) is 4.90 Å². The van der Waals surface area contributed by atoms with E-state index >= 15 is 0 Å². The average Bonchev–Trinajstić information content (AvgIpc) is 3.54. The maximum Gasteiger partial charge on any atom is 0.246 e. The van der Waals surface area contributed by atoms with Crippen LogP contribution in [0.4, 0.5) is 11.4 Å². The molecule has 0 aliphatic carbocycles. The molecule has 0 saturated heterocycles. The number of pyridine rings is 1. The molecule has 0 atom stereocenters. The summed E-state index contributed by atoms with van der Waals surface area (Å²) >= 11 is 0. The Morgan fingerprint density at radius 3 is 2.00 bits per heavy atom. The standard InChI is InChI=1S/C51H42N4O/c1-50(2,3)34-27-28-52-49(29-34)55-45-22-14-13-21-42(45)44-26-24-37(31-47(44)55)56-36-23-25-43-40-19-10-9-17-38(40)39-18-11-12-20-41(39)48-32-51(4,5)54(33-53(48)46(43)30-36)35-15-7-6-8-16-35/h6-32H,1-5H3. The molecule has 10 rings (SSSR count). The van der Waals surface area contributed by atoms with Crippen LogP contribution in [0, 0.1) is 0 Å². The highest BCUT2D eigenvalue weighted by atomic mass is 16.5. The molecule has 0 fully saturated rings. The lowest BCUT2D eigenvalue weighted by Crippen LogP contribution is -2.47. The van der Waals surface area contributed by atoms with Crippen molar-refractivity contribution < 1.29 is 9.31 Å². The summed E-state index contributed by atoms with van der Waals surface area (Å²) in [6, 6.07) is 53.6. The van der Waals surface area contributed by atoms with Crippen LogP contribution in [0.5, 0.6) is 11.5 Å². The fraction of sp³-hybridized carbons (Fsp3) is 0.137. The van der Waals surface area contributed by atoms with Crippen LogP contribution < -0.4 is 9.64 Å². The van der Waals surface area contributed by atoms with Gasteiger partial charge in [0, 0.05) is 23.0 Å². The van der Waals surface area contributed by atoms with Gasteiger partial charge in [0.15, 0.2) is 0 Å². The maximum absolute atomic E-state index is 6.86. The molecule has 5 nitrogen and oxygen atoms in total. The van der Waals surface area contributed by atoms with Gasteiger partial charge in [-0.2, -0.15) is 0 Å². The van der Waals surface area contributed by atoms with Crippen molar-refractivity contribution in [2.45, 2.75) is 45.6 Å². The lowest BCUT2D eigenvalue weighted by Gasteiger charge is -2.40. The Morgan fingerprint density at radius 1 is 0.607 bits per heavy atom. The van der Waals surface area contributed by atoms with Crippen LogP contribution in [0.2, 0.25) is 0 Å². The third-order valence-electron chi connectivity index (χ3n) is 11.2. The minimum atomic E-state index is -0.359. The third-order valence-corrected chi connectivity index (χ3v) is 11.2. The predicted octanol–water partition coefficient (Wildman–Crippen LogP) is 12.8. The van der Waals surface area contributed by atoms with E-state index in [1.54, 1.807) is 0 Å². The fourth-order valence-corrected chi connectivity index (χ4v) is 8.38. The second-order valence-electron chi connectivity index (χ2n) is 16.3. The summed E-state index contributed by atoms with van der Waals surface area (Å²) < 4.78 is 11.3. The molecule has 0 spiro atoms. The molecule has 56 heavy (non-hydrogen) atoms. The van der Waals surface area contributed by atoms with Gasteiger partial charge >= 0.3 is 0 Å². The molecule has 2 aliphatic heterocycles. The second kappa shape index (κ2) is 12.7. The number of aromatic nitrogens is 2. The summed E-state index contributed by atoms with van der Waals surface area (Å²) in [7, 11) is 0. The van der Waals surface area contributed by atoms with E-state index in [-0.39, 0.29) is 11.0 Å². The Hall–Kier alpha value is -6.72. The van der Waals surface area contributed by atoms with Gasteiger partial charge in [0.25, 0.3) is 0 Å². The van der Waals surface area contributed by atoms with Crippen LogP contribution in [-0.2, 0) is 5.41 Å². The van der Waals surface area contributed by atoms with Crippen molar-refractivity contribution >= 4 is 45.2 Å². The smallest absolute Gasteiger partial charge is 0.246 e. The minimum absolute atomic E-state index is 0.0101. The molecule has 5 heteroatoms. The molecule has 0 radical (unpaired) electrons. The molecular weight excluding hydrogens is 685 g/mol. The number of benzene rings is 6. The van der Waals surface area contributed by atoms with E-state index in [0.29, 0.717) is 0 Å². The minimum Gasteiger partial charge on any atom is -0.458 e. The van der Waals surface area contributed by atoms with Gasteiger partial charge in [0.05, 0.1) is 28.1 Å². The van der Waals surface area contributed by atoms with E-state index in [1.807, 2.05) is 6.20 Å². The van der Waals surface area contributed by atoms with Crippen LogP contribution in [-0.4, -0.2) is 26.0 Å².